The van der Waals surface area contributed by atoms with Gasteiger partial charge in [-0.1, -0.05) is 57.0 Å². The van der Waals surface area contributed by atoms with Gasteiger partial charge in [-0.15, -0.1) is 10.2 Å². The molecule has 0 saturated heterocycles. The van der Waals surface area contributed by atoms with Gasteiger partial charge in [-0.05, 0) is 43.7 Å². The van der Waals surface area contributed by atoms with Crippen molar-refractivity contribution in [1.29, 1.82) is 0 Å². The molecule has 1 N–H and O–H groups in total. The van der Waals surface area contributed by atoms with Crippen molar-refractivity contribution < 1.29 is 9.53 Å². The van der Waals surface area contributed by atoms with Gasteiger partial charge in [0.1, 0.15) is 12.4 Å². The minimum absolute atomic E-state index is 0.171. The lowest BCUT2D eigenvalue weighted by Crippen LogP contribution is -2.15. The molecule has 0 saturated carbocycles. The van der Waals surface area contributed by atoms with Crippen LogP contribution in [0.1, 0.15) is 17.0 Å². The number of rotatable bonds is 7. The number of ether oxygens (including phenoxy) is 1. The number of benzene rings is 2. The summed E-state index contributed by atoms with van der Waals surface area (Å²) < 4.78 is 8.55. The lowest BCUT2D eigenvalue weighted by Gasteiger charge is -2.10. The zero-order valence-electron chi connectivity index (χ0n) is 16.2. The van der Waals surface area contributed by atoms with E-state index in [1.807, 2.05) is 43.7 Å². The summed E-state index contributed by atoms with van der Waals surface area (Å²) in [6.45, 7) is 4.36. The van der Waals surface area contributed by atoms with Crippen LogP contribution in [-0.4, -0.2) is 26.4 Å². The predicted octanol–water partition coefficient (Wildman–Crippen LogP) is 5.16. The summed E-state index contributed by atoms with van der Waals surface area (Å²) in [7, 11) is 1.85. The molecule has 29 heavy (non-hydrogen) atoms. The highest BCUT2D eigenvalue weighted by atomic mass is 79.9. The van der Waals surface area contributed by atoms with Crippen LogP contribution in [0.4, 0.5) is 5.69 Å². The molecule has 0 spiro atoms. The largest absolute Gasteiger partial charge is 0.485 e. The number of amides is 1. The van der Waals surface area contributed by atoms with E-state index in [1.165, 1.54) is 17.3 Å². The zero-order chi connectivity index (χ0) is 21.0. The lowest BCUT2D eigenvalue weighted by atomic mass is 10.1. The summed E-state index contributed by atoms with van der Waals surface area (Å²) >= 11 is 10.8. The molecule has 2 aromatic carbocycles. The standard InChI is InChI=1S/C20H20BrClN4O2S/c1-12-4-7-17(13(2)8-12)28-10-18-24-25-20(26(18)3)29-11-19(27)23-16-6-5-14(21)9-15(16)22/h4-9H,10-11H2,1-3H3,(H,23,27). The summed E-state index contributed by atoms with van der Waals surface area (Å²) in [5.74, 6) is 1.52. The first-order valence-corrected chi connectivity index (χ1v) is 10.9. The fourth-order valence-electron chi connectivity index (χ4n) is 2.61. The van der Waals surface area contributed by atoms with Crippen molar-refractivity contribution in [2.75, 3.05) is 11.1 Å². The minimum atomic E-state index is -0.171. The van der Waals surface area contributed by atoms with E-state index in [0.29, 0.717) is 28.3 Å². The van der Waals surface area contributed by atoms with Crippen molar-refractivity contribution in [2.24, 2.45) is 7.05 Å². The lowest BCUT2D eigenvalue weighted by molar-refractivity contribution is -0.113. The molecule has 0 aliphatic carbocycles. The van der Waals surface area contributed by atoms with E-state index in [-0.39, 0.29) is 11.7 Å². The number of aryl methyl sites for hydroxylation is 2. The van der Waals surface area contributed by atoms with Gasteiger partial charge in [0.15, 0.2) is 11.0 Å². The monoisotopic (exact) mass is 494 g/mol. The van der Waals surface area contributed by atoms with E-state index in [9.17, 15) is 4.79 Å². The molecule has 0 fully saturated rings. The zero-order valence-corrected chi connectivity index (χ0v) is 19.4. The normalized spacial score (nSPS) is 10.8. The SMILES string of the molecule is Cc1ccc(OCc2nnc(SCC(=O)Nc3ccc(Br)cc3Cl)n2C)c(C)c1. The second kappa shape index (κ2) is 9.65. The van der Waals surface area contributed by atoms with E-state index in [0.717, 1.165) is 15.8 Å². The Hall–Kier alpha value is -2.03. The van der Waals surface area contributed by atoms with E-state index in [2.05, 4.69) is 37.5 Å². The molecule has 1 amide bonds. The van der Waals surface area contributed by atoms with Crippen molar-refractivity contribution >= 4 is 50.9 Å². The predicted molar refractivity (Wildman–Crippen MR) is 120 cm³/mol. The molecule has 0 unspecified atom stereocenters. The average Bonchev–Trinajstić information content (AvgIpc) is 3.01. The maximum atomic E-state index is 12.2. The van der Waals surface area contributed by atoms with Crippen molar-refractivity contribution in [3.05, 3.63) is 62.8 Å². The number of carbonyl (C=O) groups is 1. The molecular formula is C20H20BrClN4O2S. The first kappa shape index (κ1) is 21.7. The Morgan fingerprint density at radius 1 is 1.24 bits per heavy atom. The number of carbonyl (C=O) groups excluding carboxylic acids is 1. The summed E-state index contributed by atoms with van der Waals surface area (Å²) in [5, 5.41) is 12.2. The Morgan fingerprint density at radius 2 is 2.03 bits per heavy atom. The Morgan fingerprint density at radius 3 is 2.76 bits per heavy atom. The van der Waals surface area contributed by atoms with Gasteiger partial charge in [0.2, 0.25) is 5.91 Å². The maximum absolute atomic E-state index is 12.2. The number of halogens is 2. The average molecular weight is 496 g/mol. The van der Waals surface area contributed by atoms with E-state index < -0.39 is 0 Å². The molecular weight excluding hydrogens is 476 g/mol. The van der Waals surface area contributed by atoms with Gasteiger partial charge >= 0.3 is 0 Å². The van der Waals surface area contributed by atoms with Gasteiger partial charge in [0, 0.05) is 11.5 Å². The molecule has 0 aliphatic heterocycles. The smallest absolute Gasteiger partial charge is 0.234 e. The fourth-order valence-corrected chi connectivity index (χ4v) is 4.06. The second-order valence-corrected chi connectivity index (χ2v) is 8.74. The number of nitrogens with one attached hydrogen (secondary N) is 1. The topological polar surface area (TPSA) is 69.0 Å². The van der Waals surface area contributed by atoms with Gasteiger partial charge in [-0.2, -0.15) is 0 Å². The third-order valence-electron chi connectivity index (χ3n) is 4.15. The van der Waals surface area contributed by atoms with Crippen LogP contribution >= 0.6 is 39.3 Å². The molecule has 0 atom stereocenters. The molecule has 6 nitrogen and oxygen atoms in total. The summed E-state index contributed by atoms with van der Waals surface area (Å²) in [6, 6.07) is 11.3. The fraction of sp³-hybridized carbons (Fsp3) is 0.250. The summed E-state index contributed by atoms with van der Waals surface area (Å²) in [6.07, 6.45) is 0. The van der Waals surface area contributed by atoms with E-state index in [4.69, 9.17) is 16.3 Å². The third-order valence-corrected chi connectivity index (χ3v) is 5.98. The van der Waals surface area contributed by atoms with Crippen LogP contribution < -0.4 is 10.1 Å². The number of aromatic nitrogens is 3. The second-order valence-electron chi connectivity index (χ2n) is 6.48. The van der Waals surface area contributed by atoms with Crippen LogP contribution in [0.25, 0.3) is 0 Å². The third kappa shape index (κ3) is 5.74. The van der Waals surface area contributed by atoms with Crippen molar-refractivity contribution in [2.45, 2.75) is 25.6 Å². The number of hydrogen-bond acceptors (Lipinski definition) is 5. The summed E-state index contributed by atoms with van der Waals surface area (Å²) in [5.41, 5.74) is 2.83. The van der Waals surface area contributed by atoms with Gasteiger partial charge in [-0.25, -0.2) is 0 Å². The molecule has 1 heterocycles. The Labute approximate surface area is 187 Å². The minimum Gasteiger partial charge on any atom is -0.485 e. The first-order valence-electron chi connectivity index (χ1n) is 8.79. The molecule has 0 radical (unpaired) electrons. The molecule has 1 aromatic heterocycles. The Bertz CT molecular complexity index is 1040. The van der Waals surface area contributed by atoms with E-state index >= 15 is 0 Å². The van der Waals surface area contributed by atoms with Gasteiger partial charge < -0.3 is 14.6 Å². The number of nitrogens with zero attached hydrogens (tertiary/aromatic N) is 3. The van der Waals surface area contributed by atoms with Crippen molar-refractivity contribution in [3.63, 3.8) is 0 Å². The quantitative estimate of drug-likeness (QED) is 0.459. The van der Waals surface area contributed by atoms with Crippen LogP contribution in [0, 0.1) is 13.8 Å². The number of anilines is 1. The molecule has 3 rings (SSSR count). The van der Waals surface area contributed by atoms with Crippen molar-refractivity contribution in [3.8, 4) is 5.75 Å². The van der Waals surface area contributed by atoms with Crippen LogP contribution in [0.5, 0.6) is 5.75 Å². The van der Waals surface area contributed by atoms with Crippen LogP contribution in [-0.2, 0) is 18.4 Å². The maximum Gasteiger partial charge on any atom is 0.234 e. The molecule has 152 valence electrons. The van der Waals surface area contributed by atoms with Crippen molar-refractivity contribution in [1.82, 2.24) is 14.8 Å². The van der Waals surface area contributed by atoms with Crippen LogP contribution in [0.2, 0.25) is 5.02 Å². The highest BCUT2D eigenvalue weighted by Crippen LogP contribution is 2.26. The highest BCUT2D eigenvalue weighted by Gasteiger charge is 2.13. The number of hydrogen-bond donors (Lipinski definition) is 1. The van der Waals surface area contributed by atoms with Gasteiger partial charge in [0.05, 0.1) is 16.5 Å². The molecule has 0 bridgehead atoms. The summed E-state index contributed by atoms with van der Waals surface area (Å²) in [4.78, 5) is 12.2. The Balaban J connectivity index is 1.55. The Kier molecular flexibility index (Phi) is 7.21. The first-order chi connectivity index (χ1) is 13.8. The van der Waals surface area contributed by atoms with Gasteiger partial charge in [-0.3, -0.25) is 4.79 Å². The van der Waals surface area contributed by atoms with Gasteiger partial charge in [0.25, 0.3) is 0 Å². The molecule has 9 heteroatoms. The number of thioether (sulfide) groups is 1. The highest BCUT2D eigenvalue weighted by molar-refractivity contribution is 9.10. The van der Waals surface area contributed by atoms with Crippen LogP contribution in [0.15, 0.2) is 46.0 Å². The molecule has 0 aliphatic rings. The van der Waals surface area contributed by atoms with E-state index in [1.54, 1.807) is 12.1 Å². The molecule has 3 aromatic rings. The van der Waals surface area contributed by atoms with Crippen LogP contribution in [0.3, 0.4) is 0 Å².